The van der Waals surface area contributed by atoms with E-state index in [0.29, 0.717) is 17.0 Å². The van der Waals surface area contributed by atoms with Crippen LogP contribution in [0.15, 0.2) is 18.2 Å². The van der Waals surface area contributed by atoms with Gasteiger partial charge < -0.3 is 9.88 Å². The standard InChI is InChI=1S/C24H29F3N4/c1-15-6-7-18-19(14-15)29-22(24(25,26)27)20-21(18)31(13-10-16-8-11-28-12-9-16)23(30-20)17-4-2-3-5-17/h6-7,14,16-17,28H,2-5,8-13H2,1H3. The summed E-state index contributed by atoms with van der Waals surface area (Å²) in [5.74, 6) is 1.68. The highest BCUT2D eigenvalue weighted by Gasteiger charge is 2.38. The zero-order valence-electron chi connectivity index (χ0n) is 17.9. The van der Waals surface area contributed by atoms with Gasteiger partial charge in [0.2, 0.25) is 0 Å². The van der Waals surface area contributed by atoms with E-state index in [1.54, 1.807) is 6.07 Å². The topological polar surface area (TPSA) is 42.7 Å². The van der Waals surface area contributed by atoms with Crippen LogP contribution in [0.5, 0.6) is 0 Å². The number of nitrogens with one attached hydrogen (secondary N) is 1. The molecule has 1 N–H and O–H groups in total. The molecule has 0 radical (unpaired) electrons. The van der Waals surface area contributed by atoms with Gasteiger partial charge in [-0.2, -0.15) is 13.2 Å². The molecule has 1 aromatic carbocycles. The van der Waals surface area contributed by atoms with Gasteiger partial charge in [-0.1, -0.05) is 25.0 Å². The molecule has 4 nitrogen and oxygen atoms in total. The number of hydrogen-bond donors (Lipinski definition) is 1. The van der Waals surface area contributed by atoms with Crippen molar-refractivity contribution in [3.8, 4) is 0 Å². The van der Waals surface area contributed by atoms with Gasteiger partial charge in [-0.3, -0.25) is 0 Å². The molecule has 0 spiro atoms. The summed E-state index contributed by atoms with van der Waals surface area (Å²) in [5, 5.41) is 4.17. The third-order valence-electron chi connectivity index (χ3n) is 7.07. The lowest BCUT2D eigenvalue weighted by atomic mass is 9.94. The van der Waals surface area contributed by atoms with Gasteiger partial charge in [0.15, 0.2) is 5.69 Å². The van der Waals surface area contributed by atoms with Crippen molar-refractivity contribution in [2.45, 2.75) is 70.5 Å². The van der Waals surface area contributed by atoms with Gasteiger partial charge in [0.05, 0.1) is 11.0 Å². The molecule has 7 heteroatoms. The lowest BCUT2D eigenvalue weighted by Gasteiger charge is -2.23. The molecule has 1 aliphatic heterocycles. The molecule has 3 heterocycles. The summed E-state index contributed by atoms with van der Waals surface area (Å²) >= 11 is 0. The number of piperidine rings is 1. The summed E-state index contributed by atoms with van der Waals surface area (Å²) in [6, 6.07) is 5.63. The summed E-state index contributed by atoms with van der Waals surface area (Å²) in [6.45, 7) is 4.65. The number of nitrogens with zero attached hydrogens (tertiary/aromatic N) is 3. The second kappa shape index (κ2) is 8.08. The third-order valence-corrected chi connectivity index (χ3v) is 7.07. The molecule has 166 valence electrons. The van der Waals surface area contributed by atoms with Crippen LogP contribution in [0.2, 0.25) is 0 Å². The first-order valence-electron chi connectivity index (χ1n) is 11.5. The van der Waals surface area contributed by atoms with Gasteiger partial charge >= 0.3 is 6.18 Å². The molecule has 5 rings (SSSR count). The fourth-order valence-corrected chi connectivity index (χ4v) is 5.42. The number of halogens is 3. The fraction of sp³-hybridized carbons (Fsp3) is 0.583. The lowest BCUT2D eigenvalue weighted by Crippen LogP contribution is -2.28. The number of rotatable bonds is 4. The first-order valence-corrected chi connectivity index (χ1v) is 11.5. The molecule has 1 aliphatic carbocycles. The van der Waals surface area contributed by atoms with Crippen LogP contribution in [0, 0.1) is 12.8 Å². The van der Waals surface area contributed by atoms with Crippen LogP contribution in [0.4, 0.5) is 13.2 Å². The second-order valence-corrected chi connectivity index (χ2v) is 9.26. The van der Waals surface area contributed by atoms with Gasteiger partial charge in [0, 0.05) is 17.8 Å². The third kappa shape index (κ3) is 3.93. The number of imidazole rings is 1. The zero-order chi connectivity index (χ0) is 21.6. The molecule has 0 amide bonds. The van der Waals surface area contributed by atoms with Gasteiger partial charge in [0.25, 0.3) is 0 Å². The van der Waals surface area contributed by atoms with Crippen molar-refractivity contribution in [1.82, 2.24) is 19.9 Å². The molecule has 2 aliphatic rings. The Kier molecular flexibility index (Phi) is 5.40. The second-order valence-electron chi connectivity index (χ2n) is 9.26. The lowest BCUT2D eigenvalue weighted by molar-refractivity contribution is -0.139. The molecule has 3 aromatic rings. The van der Waals surface area contributed by atoms with Crippen LogP contribution in [0.3, 0.4) is 0 Å². The minimum Gasteiger partial charge on any atom is -0.327 e. The average molecular weight is 431 g/mol. The molecule has 0 atom stereocenters. The van der Waals surface area contributed by atoms with E-state index in [4.69, 9.17) is 0 Å². The summed E-state index contributed by atoms with van der Waals surface area (Å²) in [4.78, 5) is 8.72. The van der Waals surface area contributed by atoms with E-state index in [0.717, 1.165) is 81.4 Å². The summed E-state index contributed by atoms with van der Waals surface area (Å²) in [7, 11) is 0. The summed E-state index contributed by atoms with van der Waals surface area (Å²) in [5.41, 5.74) is 1.11. The fourth-order valence-electron chi connectivity index (χ4n) is 5.42. The van der Waals surface area contributed by atoms with Crippen LogP contribution >= 0.6 is 0 Å². The highest BCUT2D eigenvalue weighted by atomic mass is 19.4. The number of benzene rings is 1. The molecular formula is C24H29F3N4. The Bertz CT molecular complexity index is 1090. The first-order chi connectivity index (χ1) is 14.9. The van der Waals surface area contributed by atoms with Gasteiger partial charge in [-0.25, -0.2) is 9.97 Å². The van der Waals surface area contributed by atoms with Crippen LogP contribution in [0.1, 0.15) is 67.9 Å². The number of aromatic nitrogens is 3. The molecule has 2 aromatic heterocycles. The number of pyridine rings is 1. The summed E-state index contributed by atoms with van der Waals surface area (Å²) < 4.78 is 44.2. The van der Waals surface area contributed by atoms with Crippen molar-refractivity contribution >= 4 is 21.9 Å². The predicted molar refractivity (Wildman–Crippen MR) is 116 cm³/mol. The van der Waals surface area contributed by atoms with E-state index in [-0.39, 0.29) is 11.4 Å². The molecule has 0 bridgehead atoms. The Labute approximate surface area is 180 Å². The van der Waals surface area contributed by atoms with Gasteiger partial charge in [-0.15, -0.1) is 0 Å². The number of fused-ring (bicyclic) bond motifs is 3. The van der Waals surface area contributed by atoms with Crippen LogP contribution < -0.4 is 5.32 Å². The van der Waals surface area contributed by atoms with Crippen LogP contribution in [0.25, 0.3) is 21.9 Å². The maximum absolute atomic E-state index is 14.0. The Hall–Kier alpha value is -2.15. The monoisotopic (exact) mass is 430 g/mol. The molecule has 31 heavy (non-hydrogen) atoms. The van der Waals surface area contributed by atoms with E-state index in [9.17, 15) is 13.2 Å². The molecule has 2 fully saturated rings. The maximum atomic E-state index is 14.0. The summed E-state index contributed by atoms with van der Waals surface area (Å²) in [6.07, 6.45) is 2.94. The molecule has 1 saturated carbocycles. The minimum absolute atomic E-state index is 0.0241. The maximum Gasteiger partial charge on any atom is 0.435 e. The average Bonchev–Trinajstić information content (AvgIpc) is 3.39. The van der Waals surface area contributed by atoms with Crippen LogP contribution in [-0.4, -0.2) is 27.6 Å². The smallest absolute Gasteiger partial charge is 0.327 e. The minimum atomic E-state index is -4.53. The first kappa shape index (κ1) is 20.7. The van der Waals surface area contributed by atoms with E-state index in [2.05, 4.69) is 19.9 Å². The highest BCUT2D eigenvalue weighted by molar-refractivity contribution is 6.04. The van der Waals surface area contributed by atoms with Crippen molar-refractivity contribution in [3.05, 3.63) is 35.3 Å². The van der Waals surface area contributed by atoms with Crippen molar-refractivity contribution in [3.63, 3.8) is 0 Å². The van der Waals surface area contributed by atoms with E-state index in [1.807, 2.05) is 19.1 Å². The van der Waals surface area contributed by atoms with Crippen LogP contribution in [-0.2, 0) is 12.7 Å². The Balaban J connectivity index is 1.71. The van der Waals surface area contributed by atoms with Crippen molar-refractivity contribution in [1.29, 1.82) is 0 Å². The normalized spacial score (nSPS) is 19.1. The van der Waals surface area contributed by atoms with Crippen molar-refractivity contribution in [2.75, 3.05) is 13.1 Å². The van der Waals surface area contributed by atoms with E-state index < -0.39 is 11.9 Å². The number of alkyl halides is 3. The van der Waals surface area contributed by atoms with Gasteiger partial charge in [0.1, 0.15) is 11.3 Å². The van der Waals surface area contributed by atoms with Crippen molar-refractivity contribution < 1.29 is 13.2 Å². The zero-order valence-corrected chi connectivity index (χ0v) is 17.9. The number of aryl methyl sites for hydroxylation is 2. The van der Waals surface area contributed by atoms with Crippen molar-refractivity contribution in [2.24, 2.45) is 5.92 Å². The van der Waals surface area contributed by atoms with E-state index in [1.165, 1.54) is 0 Å². The highest BCUT2D eigenvalue weighted by Crippen LogP contribution is 2.41. The van der Waals surface area contributed by atoms with Gasteiger partial charge in [-0.05, 0) is 69.7 Å². The largest absolute Gasteiger partial charge is 0.435 e. The Morgan fingerprint density at radius 2 is 1.81 bits per heavy atom. The SMILES string of the molecule is Cc1ccc2c(c1)nc(C(F)(F)F)c1nc(C3CCCC3)n(CCC3CCNCC3)c12. The molecule has 0 unspecified atom stereocenters. The predicted octanol–water partition coefficient (Wildman–Crippen LogP) is 5.96. The Morgan fingerprint density at radius 1 is 1.06 bits per heavy atom. The van der Waals surface area contributed by atoms with E-state index >= 15 is 0 Å². The quantitative estimate of drug-likeness (QED) is 0.555. The number of hydrogen-bond acceptors (Lipinski definition) is 3. The Morgan fingerprint density at radius 3 is 2.52 bits per heavy atom. The molecule has 1 saturated heterocycles. The molecular weight excluding hydrogens is 401 g/mol.